The fraction of sp³-hybridized carbons (Fsp3) is 0.200. The van der Waals surface area contributed by atoms with E-state index in [2.05, 4.69) is 32.7 Å². The van der Waals surface area contributed by atoms with Crippen molar-refractivity contribution in [1.82, 2.24) is 14.5 Å². The smallest absolute Gasteiger partial charge is 0.122 e. The second kappa shape index (κ2) is 4.17. The Kier molecular flexibility index (Phi) is 2.35. The second-order valence-corrected chi connectivity index (χ2v) is 4.76. The standard InChI is InChI=1S/C15H13N3O/c1-2-4-13-11(3-1)5-6-12(17-13)8-18-10-16-7-14(18)15-9-19-15/h1-7,10,15H,8-9H2. The Hall–Kier alpha value is -2.20. The SMILES string of the molecule is c1ccc2nc(Cn3cncc3C3CO3)ccc2c1. The molecular formula is C15H13N3O. The van der Waals surface area contributed by atoms with Crippen molar-refractivity contribution in [1.29, 1.82) is 0 Å². The van der Waals surface area contributed by atoms with Crippen molar-refractivity contribution in [3.63, 3.8) is 0 Å². The van der Waals surface area contributed by atoms with Gasteiger partial charge in [-0.05, 0) is 12.1 Å². The van der Waals surface area contributed by atoms with Crippen LogP contribution in [0.5, 0.6) is 0 Å². The van der Waals surface area contributed by atoms with E-state index < -0.39 is 0 Å². The van der Waals surface area contributed by atoms with Crippen LogP contribution in [0.2, 0.25) is 0 Å². The molecule has 0 amide bonds. The number of nitrogens with zero attached hydrogens (tertiary/aromatic N) is 3. The second-order valence-electron chi connectivity index (χ2n) is 4.76. The maximum Gasteiger partial charge on any atom is 0.122 e. The molecule has 0 N–H and O–H groups in total. The summed E-state index contributed by atoms with van der Waals surface area (Å²) in [6.07, 6.45) is 3.94. The molecule has 0 saturated carbocycles. The van der Waals surface area contributed by atoms with E-state index in [4.69, 9.17) is 4.74 Å². The number of ether oxygens (including phenoxy) is 1. The van der Waals surface area contributed by atoms with E-state index in [1.54, 1.807) is 0 Å². The molecule has 1 unspecified atom stereocenters. The first-order valence-corrected chi connectivity index (χ1v) is 6.36. The van der Waals surface area contributed by atoms with Crippen LogP contribution >= 0.6 is 0 Å². The molecule has 4 rings (SSSR count). The van der Waals surface area contributed by atoms with Gasteiger partial charge < -0.3 is 9.30 Å². The minimum absolute atomic E-state index is 0.225. The fourth-order valence-corrected chi connectivity index (χ4v) is 2.32. The highest BCUT2D eigenvalue weighted by atomic mass is 16.6. The molecule has 1 fully saturated rings. The summed E-state index contributed by atoms with van der Waals surface area (Å²) >= 11 is 0. The predicted octanol–water partition coefficient (Wildman–Crippen LogP) is 2.55. The van der Waals surface area contributed by atoms with Gasteiger partial charge in [0.25, 0.3) is 0 Å². The summed E-state index contributed by atoms with van der Waals surface area (Å²) in [5.74, 6) is 0. The summed E-state index contributed by atoms with van der Waals surface area (Å²) in [4.78, 5) is 8.88. The third kappa shape index (κ3) is 2.00. The Morgan fingerprint density at radius 1 is 1.21 bits per heavy atom. The molecule has 1 aliphatic rings. The molecule has 4 nitrogen and oxygen atoms in total. The molecule has 3 heterocycles. The zero-order valence-corrected chi connectivity index (χ0v) is 10.4. The maximum absolute atomic E-state index is 5.32. The molecule has 0 radical (unpaired) electrons. The molecule has 0 bridgehead atoms. The molecule has 1 aliphatic heterocycles. The van der Waals surface area contributed by atoms with Crippen molar-refractivity contribution in [2.75, 3.05) is 6.61 Å². The number of aromatic nitrogens is 3. The van der Waals surface area contributed by atoms with E-state index in [9.17, 15) is 0 Å². The predicted molar refractivity (Wildman–Crippen MR) is 71.8 cm³/mol. The lowest BCUT2D eigenvalue weighted by Gasteiger charge is -2.07. The van der Waals surface area contributed by atoms with Crippen LogP contribution in [0.15, 0.2) is 48.9 Å². The molecule has 19 heavy (non-hydrogen) atoms. The molecule has 0 spiro atoms. The van der Waals surface area contributed by atoms with E-state index in [1.165, 1.54) is 5.39 Å². The average Bonchev–Trinajstić information content (AvgIpc) is 3.19. The van der Waals surface area contributed by atoms with Gasteiger partial charge in [0.15, 0.2) is 0 Å². The van der Waals surface area contributed by atoms with Gasteiger partial charge in [-0.25, -0.2) is 4.98 Å². The topological polar surface area (TPSA) is 43.2 Å². The van der Waals surface area contributed by atoms with Crippen LogP contribution in [-0.2, 0) is 11.3 Å². The number of para-hydroxylation sites is 1. The summed E-state index contributed by atoms with van der Waals surface area (Å²) in [5.41, 5.74) is 3.21. The number of benzene rings is 1. The van der Waals surface area contributed by atoms with Crippen LogP contribution in [0, 0.1) is 0 Å². The van der Waals surface area contributed by atoms with E-state index in [0.29, 0.717) is 0 Å². The molecule has 1 aromatic carbocycles. The molecule has 0 aliphatic carbocycles. The molecule has 94 valence electrons. The number of pyridine rings is 1. The highest BCUT2D eigenvalue weighted by molar-refractivity contribution is 5.78. The Labute approximate surface area is 110 Å². The Morgan fingerprint density at radius 2 is 2.11 bits per heavy atom. The molecule has 1 atom stereocenters. The molecule has 1 saturated heterocycles. The normalized spacial score (nSPS) is 17.8. The first kappa shape index (κ1) is 10.7. The molecule has 4 heteroatoms. The molecular weight excluding hydrogens is 238 g/mol. The Balaban J connectivity index is 1.68. The van der Waals surface area contributed by atoms with Crippen LogP contribution in [0.4, 0.5) is 0 Å². The largest absolute Gasteiger partial charge is 0.366 e. The summed E-state index contributed by atoms with van der Waals surface area (Å²) in [7, 11) is 0. The summed E-state index contributed by atoms with van der Waals surface area (Å²) in [6.45, 7) is 1.54. The summed E-state index contributed by atoms with van der Waals surface area (Å²) in [6, 6.07) is 12.3. The third-order valence-electron chi connectivity index (χ3n) is 3.40. The first-order chi connectivity index (χ1) is 9.40. The number of hydrogen-bond acceptors (Lipinski definition) is 3. The first-order valence-electron chi connectivity index (χ1n) is 6.36. The summed E-state index contributed by atoms with van der Waals surface area (Å²) < 4.78 is 7.43. The number of rotatable bonds is 3. The lowest BCUT2D eigenvalue weighted by atomic mass is 10.2. The highest BCUT2D eigenvalue weighted by Gasteiger charge is 2.28. The number of imidazole rings is 1. The maximum atomic E-state index is 5.32. The van der Waals surface area contributed by atoms with Gasteiger partial charge in [0.05, 0.1) is 42.6 Å². The van der Waals surface area contributed by atoms with Crippen molar-refractivity contribution in [3.05, 3.63) is 60.3 Å². The van der Waals surface area contributed by atoms with Crippen LogP contribution < -0.4 is 0 Å². The van der Waals surface area contributed by atoms with Gasteiger partial charge in [0.2, 0.25) is 0 Å². The van der Waals surface area contributed by atoms with Gasteiger partial charge in [-0.2, -0.15) is 0 Å². The summed E-state index contributed by atoms with van der Waals surface area (Å²) in [5, 5.41) is 1.17. The molecule has 2 aromatic heterocycles. The van der Waals surface area contributed by atoms with E-state index in [0.717, 1.165) is 30.1 Å². The third-order valence-corrected chi connectivity index (χ3v) is 3.40. The fourth-order valence-electron chi connectivity index (χ4n) is 2.32. The van der Waals surface area contributed by atoms with Crippen molar-refractivity contribution < 1.29 is 4.74 Å². The van der Waals surface area contributed by atoms with Gasteiger partial charge in [0.1, 0.15) is 6.10 Å². The van der Waals surface area contributed by atoms with Crippen LogP contribution in [0.1, 0.15) is 17.5 Å². The lowest BCUT2D eigenvalue weighted by molar-refractivity contribution is 0.405. The van der Waals surface area contributed by atoms with Crippen LogP contribution in [-0.4, -0.2) is 21.1 Å². The quantitative estimate of drug-likeness (QED) is 0.672. The van der Waals surface area contributed by atoms with E-state index in [1.807, 2.05) is 30.7 Å². The van der Waals surface area contributed by atoms with Gasteiger partial charge in [-0.15, -0.1) is 0 Å². The lowest BCUT2D eigenvalue weighted by Crippen LogP contribution is -2.04. The highest BCUT2D eigenvalue weighted by Crippen LogP contribution is 2.29. The minimum Gasteiger partial charge on any atom is -0.366 e. The van der Waals surface area contributed by atoms with Gasteiger partial charge in [-0.3, -0.25) is 4.98 Å². The zero-order valence-electron chi connectivity index (χ0n) is 10.4. The monoisotopic (exact) mass is 251 g/mol. The Morgan fingerprint density at radius 3 is 3.00 bits per heavy atom. The van der Waals surface area contributed by atoms with Crippen molar-refractivity contribution in [2.45, 2.75) is 12.6 Å². The average molecular weight is 251 g/mol. The number of fused-ring (bicyclic) bond motifs is 1. The minimum atomic E-state index is 0.225. The number of hydrogen-bond donors (Lipinski definition) is 0. The van der Waals surface area contributed by atoms with Gasteiger partial charge in [-0.1, -0.05) is 24.3 Å². The van der Waals surface area contributed by atoms with Crippen LogP contribution in [0.3, 0.4) is 0 Å². The molecule has 3 aromatic rings. The van der Waals surface area contributed by atoms with E-state index in [-0.39, 0.29) is 6.10 Å². The Bertz CT molecular complexity index is 731. The van der Waals surface area contributed by atoms with Crippen molar-refractivity contribution in [3.8, 4) is 0 Å². The zero-order chi connectivity index (χ0) is 12.7. The van der Waals surface area contributed by atoms with Crippen molar-refractivity contribution in [2.24, 2.45) is 0 Å². The van der Waals surface area contributed by atoms with Gasteiger partial charge in [0, 0.05) is 5.39 Å². The van der Waals surface area contributed by atoms with Crippen molar-refractivity contribution >= 4 is 10.9 Å². The van der Waals surface area contributed by atoms with E-state index >= 15 is 0 Å². The van der Waals surface area contributed by atoms with Crippen LogP contribution in [0.25, 0.3) is 10.9 Å². The van der Waals surface area contributed by atoms with Gasteiger partial charge >= 0.3 is 0 Å². The number of epoxide rings is 1.